The monoisotopic (exact) mass is 302 g/mol. The zero-order valence-corrected chi connectivity index (χ0v) is 12.9. The first-order valence-corrected chi connectivity index (χ1v) is 8.16. The second-order valence-corrected chi connectivity index (χ2v) is 7.10. The lowest BCUT2D eigenvalue weighted by Crippen LogP contribution is -2.51. The van der Waals surface area contributed by atoms with E-state index < -0.39 is 15.6 Å². The third-order valence-corrected chi connectivity index (χ3v) is 5.23. The summed E-state index contributed by atoms with van der Waals surface area (Å²) >= 11 is 0. The molecule has 0 amide bonds. The van der Waals surface area contributed by atoms with E-state index in [1.165, 1.54) is 0 Å². The zero-order chi connectivity index (χ0) is 14.8. The highest BCUT2D eigenvalue weighted by atomic mass is 32.2. The van der Waals surface area contributed by atoms with Crippen LogP contribution in [-0.2, 0) is 21.3 Å². The minimum absolute atomic E-state index is 0.235. The van der Waals surface area contributed by atoms with Crippen molar-refractivity contribution in [2.75, 3.05) is 20.3 Å². The van der Waals surface area contributed by atoms with Crippen molar-refractivity contribution in [3.8, 4) is 0 Å². The average Bonchev–Trinajstić information content (AvgIpc) is 2.71. The number of hydrogen-bond donors (Lipinski definition) is 3. The lowest BCUT2D eigenvalue weighted by atomic mass is 9.97. The fourth-order valence-corrected chi connectivity index (χ4v) is 4.29. The van der Waals surface area contributed by atoms with Gasteiger partial charge in [0.15, 0.2) is 0 Å². The summed E-state index contributed by atoms with van der Waals surface area (Å²) in [6.45, 7) is 5.06. The van der Waals surface area contributed by atoms with Gasteiger partial charge in [-0.1, -0.05) is 0 Å². The van der Waals surface area contributed by atoms with E-state index in [9.17, 15) is 8.42 Å². The van der Waals surface area contributed by atoms with Crippen LogP contribution in [0, 0.1) is 6.92 Å². The minimum Gasteiger partial charge on any atom is -0.380 e. The van der Waals surface area contributed by atoms with Gasteiger partial charge in [0, 0.05) is 13.2 Å². The number of aromatic nitrogens is 2. The van der Waals surface area contributed by atoms with Gasteiger partial charge in [-0.15, -0.1) is 0 Å². The van der Waals surface area contributed by atoms with E-state index in [1.54, 1.807) is 14.0 Å². The minimum atomic E-state index is -3.62. The van der Waals surface area contributed by atoms with Crippen molar-refractivity contribution in [1.29, 1.82) is 0 Å². The molecule has 7 nitrogen and oxygen atoms in total. The molecule has 1 aromatic heterocycles. The number of aryl methyl sites for hydroxylation is 1. The highest BCUT2D eigenvalue weighted by Crippen LogP contribution is 2.24. The first kappa shape index (κ1) is 15.4. The molecule has 0 bridgehead atoms. The molecule has 1 fully saturated rings. The van der Waals surface area contributed by atoms with Crippen molar-refractivity contribution in [3.63, 3.8) is 0 Å². The van der Waals surface area contributed by atoms with Crippen LogP contribution in [-0.4, -0.2) is 44.4 Å². The Hall–Kier alpha value is -0.960. The number of sulfonamides is 1. The lowest BCUT2D eigenvalue weighted by molar-refractivity contribution is 0.0386. The number of ether oxygens (including phenoxy) is 1. The Balaban J connectivity index is 2.28. The Labute approximate surface area is 119 Å². The highest BCUT2D eigenvalue weighted by Gasteiger charge is 2.35. The van der Waals surface area contributed by atoms with Crippen molar-refractivity contribution < 1.29 is 13.2 Å². The highest BCUT2D eigenvalue weighted by molar-refractivity contribution is 7.89. The largest absolute Gasteiger partial charge is 0.380 e. The smallest absolute Gasteiger partial charge is 0.244 e. The van der Waals surface area contributed by atoms with Gasteiger partial charge in [-0.05, 0) is 33.7 Å². The van der Waals surface area contributed by atoms with Gasteiger partial charge in [0.25, 0.3) is 0 Å². The molecule has 1 unspecified atom stereocenters. The number of H-pyrrole nitrogens is 1. The summed E-state index contributed by atoms with van der Waals surface area (Å²) in [5, 5.41) is 9.71. The molecule has 0 saturated carbocycles. The molecule has 0 aromatic carbocycles. The van der Waals surface area contributed by atoms with Gasteiger partial charge >= 0.3 is 0 Å². The van der Waals surface area contributed by atoms with E-state index in [2.05, 4.69) is 20.2 Å². The summed E-state index contributed by atoms with van der Waals surface area (Å²) in [6.07, 6.45) is 1.62. The number of hydrogen-bond acceptors (Lipinski definition) is 5. The second-order valence-electron chi connectivity index (χ2n) is 5.48. The molecule has 1 atom stereocenters. The van der Waals surface area contributed by atoms with Crippen molar-refractivity contribution in [3.05, 3.63) is 11.4 Å². The molecule has 1 aliphatic heterocycles. The summed E-state index contributed by atoms with van der Waals surface area (Å²) < 4.78 is 33.4. The molecule has 0 aliphatic carbocycles. The predicted molar refractivity (Wildman–Crippen MR) is 74.9 cm³/mol. The molecule has 8 heteroatoms. The van der Waals surface area contributed by atoms with Gasteiger partial charge in [-0.2, -0.15) is 5.10 Å². The standard InChI is InChI=1S/C12H22N4O3S/c1-9-11(10(7-13-3)15-14-9)20(17,18)16-12(2)5-4-6-19-8-12/h13,16H,4-8H2,1-3H3,(H,14,15). The zero-order valence-electron chi connectivity index (χ0n) is 12.1. The third-order valence-electron chi connectivity index (χ3n) is 3.39. The molecule has 1 saturated heterocycles. The van der Waals surface area contributed by atoms with Gasteiger partial charge < -0.3 is 10.1 Å². The summed E-state index contributed by atoms with van der Waals surface area (Å²) in [6, 6.07) is 0. The Morgan fingerprint density at radius 2 is 2.25 bits per heavy atom. The van der Waals surface area contributed by atoms with Crippen LogP contribution >= 0.6 is 0 Å². The maximum absolute atomic E-state index is 12.6. The Morgan fingerprint density at radius 1 is 1.50 bits per heavy atom. The molecule has 3 N–H and O–H groups in total. The second kappa shape index (κ2) is 5.80. The summed E-state index contributed by atoms with van der Waals surface area (Å²) in [7, 11) is -1.87. The van der Waals surface area contributed by atoms with Crippen LogP contribution in [0.3, 0.4) is 0 Å². The van der Waals surface area contributed by atoms with E-state index in [0.29, 0.717) is 31.1 Å². The summed E-state index contributed by atoms with van der Waals surface area (Å²) in [5.41, 5.74) is 0.485. The normalized spacial score (nSPS) is 23.9. The van der Waals surface area contributed by atoms with Crippen LogP contribution in [0.4, 0.5) is 0 Å². The van der Waals surface area contributed by atoms with E-state index in [-0.39, 0.29) is 4.90 Å². The van der Waals surface area contributed by atoms with E-state index in [1.807, 2.05) is 6.92 Å². The Kier molecular flexibility index (Phi) is 4.48. The molecule has 0 spiro atoms. The molecule has 20 heavy (non-hydrogen) atoms. The van der Waals surface area contributed by atoms with Crippen molar-refractivity contribution in [2.24, 2.45) is 0 Å². The first-order valence-electron chi connectivity index (χ1n) is 6.68. The number of nitrogens with one attached hydrogen (secondary N) is 3. The lowest BCUT2D eigenvalue weighted by Gasteiger charge is -2.33. The van der Waals surface area contributed by atoms with Gasteiger partial charge in [-0.25, -0.2) is 13.1 Å². The molecule has 1 aromatic rings. The number of rotatable bonds is 5. The van der Waals surface area contributed by atoms with Crippen molar-refractivity contribution >= 4 is 10.0 Å². The first-order chi connectivity index (χ1) is 9.38. The molecular weight excluding hydrogens is 280 g/mol. The van der Waals surface area contributed by atoms with Crippen LogP contribution in [0.15, 0.2) is 4.90 Å². The van der Waals surface area contributed by atoms with Crippen LogP contribution in [0.25, 0.3) is 0 Å². The number of aromatic amines is 1. The van der Waals surface area contributed by atoms with Crippen LogP contribution in [0.1, 0.15) is 31.2 Å². The fraction of sp³-hybridized carbons (Fsp3) is 0.750. The predicted octanol–water partition coefficient (Wildman–Crippen LogP) is 0.285. The molecule has 1 aliphatic rings. The van der Waals surface area contributed by atoms with Crippen LogP contribution < -0.4 is 10.0 Å². The average molecular weight is 302 g/mol. The molecule has 114 valence electrons. The summed E-state index contributed by atoms with van der Waals surface area (Å²) in [4.78, 5) is 0.235. The van der Waals surface area contributed by atoms with E-state index in [4.69, 9.17) is 4.74 Å². The SMILES string of the molecule is CNCc1n[nH]c(C)c1S(=O)(=O)NC1(C)CCCOC1. The van der Waals surface area contributed by atoms with Crippen molar-refractivity contribution in [1.82, 2.24) is 20.2 Å². The van der Waals surface area contributed by atoms with Gasteiger partial charge in [0.2, 0.25) is 10.0 Å². The molecule has 2 heterocycles. The van der Waals surface area contributed by atoms with Gasteiger partial charge in [0.05, 0.1) is 23.5 Å². The molecule has 0 radical (unpaired) electrons. The maximum atomic E-state index is 12.6. The quantitative estimate of drug-likeness (QED) is 0.726. The fourth-order valence-electron chi connectivity index (χ4n) is 2.50. The van der Waals surface area contributed by atoms with Gasteiger partial charge in [0.1, 0.15) is 4.90 Å². The van der Waals surface area contributed by atoms with E-state index in [0.717, 1.165) is 12.8 Å². The van der Waals surface area contributed by atoms with Crippen molar-refractivity contribution in [2.45, 2.75) is 43.7 Å². The summed E-state index contributed by atoms with van der Waals surface area (Å²) in [5.74, 6) is 0. The topological polar surface area (TPSA) is 96.1 Å². The van der Waals surface area contributed by atoms with Crippen LogP contribution in [0.2, 0.25) is 0 Å². The molecular formula is C12H22N4O3S. The van der Waals surface area contributed by atoms with E-state index >= 15 is 0 Å². The molecule has 2 rings (SSSR count). The Morgan fingerprint density at radius 3 is 2.85 bits per heavy atom. The third kappa shape index (κ3) is 3.20. The van der Waals surface area contributed by atoms with Gasteiger partial charge in [-0.3, -0.25) is 5.10 Å². The maximum Gasteiger partial charge on any atom is 0.244 e. The number of nitrogens with zero attached hydrogens (tertiary/aromatic N) is 1. The Bertz CT molecular complexity index is 561. The van der Waals surface area contributed by atoms with Crippen LogP contribution in [0.5, 0.6) is 0 Å².